The lowest BCUT2D eigenvalue weighted by molar-refractivity contribution is 0.367. The molecule has 0 bridgehead atoms. The molecule has 0 aliphatic carbocycles. The van der Waals surface area contributed by atoms with Gasteiger partial charge >= 0.3 is 0 Å². The molecule has 21 heavy (non-hydrogen) atoms. The van der Waals surface area contributed by atoms with Gasteiger partial charge in [-0.25, -0.2) is 0 Å². The molecule has 2 heterocycles. The molecule has 3 aromatic rings. The van der Waals surface area contributed by atoms with Crippen LogP contribution in [0.1, 0.15) is 30.0 Å². The number of hydrogen-bond acceptors (Lipinski definition) is 5. The van der Waals surface area contributed by atoms with Gasteiger partial charge in [-0.15, -0.1) is 0 Å². The average Bonchev–Trinajstić information content (AvgIpc) is 3.04. The average molecular weight is 280 g/mol. The number of benzene rings is 1. The van der Waals surface area contributed by atoms with Crippen LogP contribution in [0.3, 0.4) is 0 Å². The quantitative estimate of drug-likeness (QED) is 0.795. The van der Waals surface area contributed by atoms with E-state index in [-0.39, 0.29) is 0 Å². The number of hydrogen-bond donors (Lipinski definition) is 1. The van der Waals surface area contributed by atoms with E-state index in [1.54, 1.807) is 6.20 Å². The van der Waals surface area contributed by atoms with Crippen molar-refractivity contribution < 1.29 is 4.52 Å². The van der Waals surface area contributed by atoms with E-state index < -0.39 is 6.04 Å². The smallest absolute Gasteiger partial charge is 0.248 e. The maximum absolute atomic E-state index is 6.16. The normalized spacial score (nSPS) is 12.3. The summed E-state index contributed by atoms with van der Waals surface area (Å²) in [4.78, 5) is 8.74. The SMILES string of the molecule is CCc1cccnc1-c1noc([C@@H](N)c2ccccc2)n1. The van der Waals surface area contributed by atoms with Gasteiger partial charge in [-0.1, -0.05) is 48.5 Å². The van der Waals surface area contributed by atoms with Crippen molar-refractivity contribution in [3.63, 3.8) is 0 Å². The van der Waals surface area contributed by atoms with Crippen molar-refractivity contribution in [3.8, 4) is 11.5 Å². The topological polar surface area (TPSA) is 77.8 Å². The Bertz CT molecular complexity index is 724. The van der Waals surface area contributed by atoms with E-state index in [4.69, 9.17) is 10.3 Å². The van der Waals surface area contributed by atoms with Crippen LogP contribution in [0.2, 0.25) is 0 Å². The highest BCUT2D eigenvalue weighted by Gasteiger charge is 2.18. The maximum atomic E-state index is 6.16. The molecule has 2 N–H and O–H groups in total. The summed E-state index contributed by atoms with van der Waals surface area (Å²) in [5.41, 5.74) is 8.92. The van der Waals surface area contributed by atoms with Crippen molar-refractivity contribution >= 4 is 0 Å². The fourth-order valence-corrected chi connectivity index (χ4v) is 2.19. The summed E-state index contributed by atoms with van der Waals surface area (Å²) in [7, 11) is 0. The summed E-state index contributed by atoms with van der Waals surface area (Å²) in [6, 6.07) is 13.2. The Labute approximate surface area is 122 Å². The summed E-state index contributed by atoms with van der Waals surface area (Å²) in [5.74, 6) is 0.873. The highest BCUT2D eigenvalue weighted by Crippen LogP contribution is 2.22. The van der Waals surface area contributed by atoms with Crippen LogP contribution in [-0.2, 0) is 6.42 Å². The van der Waals surface area contributed by atoms with E-state index in [1.165, 1.54) is 0 Å². The van der Waals surface area contributed by atoms with E-state index >= 15 is 0 Å². The molecule has 3 rings (SSSR count). The number of nitrogens with zero attached hydrogens (tertiary/aromatic N) is 3. The van der Waals surface area contributed by atoms with Crippen molar-refractivity contribution in [1.82, 2.24) is 15.1 Å². The van der Waals surface area contributed by atoms with Crippen LogP contribution < -0.4 is 5.73 Å². The highest BCUT2D eigenvalue weighted by atomic mass is 16.5. The van der Waals surface area contributed by atoms with Gasteiger partial charge in [0, 0.05) is 6.20 Å². The summed E-state index contributed by atoms with van der Waals surface area (Å²) >= 11 is 0. The molecule has 1 atom stereocenters. The third kappa shape index (κ3) is 2.68. The zero-order valence-electron chi connectivity index (χ0n) is 11.7. The van der Waals surface area contributed by atoms with Gasteiger partial charge in [0.15, 0.2) is 0 Å². The predicted molar refractivity (Wildman–Crippen MR) is 79.4 cm³/mol. The lowest BCUT2D eigenvalue weighted by Crippen LogP contribution is -2.12. The fraction of sp³-hybridized carbons (Fsp3) is 0.188. The third-order valence-electron chi connectivity index (χ3n) is 3.35. The Balaban J connectivity index is 1.93. The molecule has 0 saturated heterocycles. The van der Waals surface area contributed by atoms with E-state index in [2.05, 4.69) is 22.0 Å². The molecule has 0 aliphatic heterocycles. The lowest BCUT2D eigenvalue weighted by Gasteiger charge is -2.05. The summed E-state index contributed by atoms with van der Waals surface area (Å²) in [6.07, 6.45) is 2.58. The number of aromatic nitrogens is 3. The van der Waals surface area contributed by atoms with Crippen LogP contribution in [-0.4, -0.2) is 15.1 Å². The van der Waals surface area contributed by atoms with Crippen LogP contribution in [0.4, 0.5) is 0 Å². The Morgan fingerprint density at radius 1 is 1.14 bits per heavy atom. The summed E-state index contributed by atoms with van der Waals surface area (Å²) in [5, 5.41) is 4.01. The molecule has 0 aliphatic rings. The third-order valence-corrected chi connectivity index (χ3v) is 3.35. The van der Waals surface area contributed by atoms with E-state index in [1.807, 2.05) is 42.5 Å². The molecule has 0 fully saturated rings. The Kier molecular flexibility index (Phi) is 3.75. The summed E-state index contributed by atoms with van der Waals surface area (Å²) in [6.45, 7) is 2.07. The molecule has 0 spiro atoms. The molecular formula is C16H16N4O. The van der Waals surface area contributed by atoms with Gasteiger partial charge in [0.05, 0.1) is 0 Å². The van der Waals surface area contributed by atoms with Gasteiger partial charge < -0.3 is 10.3 Å². The van der Waals surface area contributed by atoms with Gasteiger partial charge in [-0.2, -0.15) is 4.98 Å². The molecule has 5 heteroatoms. The van der Waals surface area contributed by atoms with Crippen LogP contribution in [0, 0.1) is 0 Å². The first kappa shape index (κ1) is 13.5. The van der Waals surface area contributed by atoms with Crippen LogP contribution in [0.5, 0.6) is 0 Å². The number of nitrogens with two attached hydrogens (primary N) is 1. The van der Waals surface area contributed by atoms with Crippen molar-refractivity contribution in [2.75, 3.05) is 0 Å². The molecule has 0 saturated carbocycles. The minimum Gasteiger partial charge on any atom is -0.337 e. The summed E-state index contributed by atoms with van der Waals surface area (Å²) < 4.78 is 5.31. The zero-order chi connectivity index (χ0) is 14.7. The van der Waals surface area contributed by atoms with E-state index in [9.17, 15) is 0 Å². The van der Waals surface area contributed by atoms with Crippen molar-refractivity contribution in [2.24, 2.45) is 5.73 Å². The van der Waals surface area contributed by atoms with Crippen LogP contribution >= 0.6 is 0 Å². The molecule has 106 valence electrons. The second-order valence-corrected chi connectivity index (χ2v) is 4.71. The Morgan fingerprint density at radius 3 is 2.71 bits per heavy atom. The minimum absolute atomic E-state index is 0.393. The molecule has 5 nitrogen and oxygen atoms in total. The Morgan fingerprint density at radius 2 is 1.95 bits per heavy atom. The van der Waals surface area contributed by atoms with Gasteiger partial charge in [0.1, 0.15) is 11.7 Å². The van der Waals surface area contributed by atoms with Crippen LogP contribution in [0.15, 0.2) is 53.2 Å². The Hall–Kier alpha value is -2.53. The lowest BCUT2D eigenvalue weighted by atomic mass is 10.1. The van der Waals surface area contributed by atoms with E-state index in [0.29, 0.717) is 11.7 Å². The number of aryl methyl sites for hydroxylation is 1. The molecular weight excluding hydrogens is 264 g/mol. The molecule has 0 unspecified atom stereocenters. The molecule has 1 aromatic carbocycles. The van der Waals surface area contributed by atoms with Gasteiger partial charge in [-0.3, -0.25) is 4.98 Å². The predicted octanol–water partition coefficient (Wildman–Crippen LogP) is 2.74. The molecule has 0 radical (unpaired) electrons. The first-order valence-corrected chi connectivity index (χ1v) is 6.88. The van der Waals surface area contributed by atoms with Crippen molar-refractivity contribution in [2.45, 2.75) is 19.4 Å². The molecule has 0 amide bonds. The van der Waals surface area contributed by atoms with E-state index in [0.717, 1.165) is 23.2 Å². The van der Waals surface area contributed by atoms with Gasteiger partial charge in [0.25, 0.3) is 0 Å². The number of rotatable bonds is 4. The monoisotopic (exact) mass is 280 g/mol. The highest BCUT2D eigenvalue weighted by molar-refractivity contribution is 5.53. The second kappa shape index (κ2) is 5.85. The fourth-order valence-electron chi connectivity index (χ4n) is 2.19. The largest absolute Gasteiger partial charge is 0.337 e. The van der Waals surface area contributed by atoms with Crippen molar-refractivity contribution in [3.05, 3.63) is 65.7 Å². The van der Waals surface area contributed by atoms with Crippen molar-refractivity contribution in [1.29, 1.82) is 0 Å². The standard InChI is InChI=1S/C16H16N4O/c1-2-11-9-6-10-18-14(11)15-19-16(21-20-15)13(17)12-7-4-3-5-8-12/h3-10,13H,2,17H2,1H3/t13-/m0/s1. The minimum atomic E-state index is -0.429. The zero-order valence-corrected chi connectivity index (χ0v) is 11.7. The van der Waals surface area contributed by atoms with Gasteiger partial charge in [-0.05, 0) is 23.6 Å². The molecule has 2 aromatic heterocycles. The maximum Gasteiger partial charge on any atom is 0.248 e. The van der Waals surface area contributed by atoms with Crippen LogP contribution in [0.25, 0.3) is 11.5 Å². The number of pyridine rings is 1. The first-order chi connectivity index (χ1) is 10.3. The second-order valence-electron chi connectivity index (χ2n) is 4.71. The first-order valence-electron chi connectivity index (χ1n) is 6.88. The van der Waals surface area contributed by atoms with Gasteiger partial charge in [0.2, 0.25) is 11.7 Å².